The van der Waals surface area contributed by atoms with E-state index in [1.807, 2.05) is 10.9 Å². The minimum Gasteiger partial charge on any atom is -0.394 e. The summed E-state index contributed by atoms with van der Waals surface area (Å²) in [7, 11) is 0. The van der Waals surface area contributed by atoms with Crippen LogP contribution in [0.4, 0.5) is 0 Å². The zero-order valence-corrected chi connectivity index (χ0v) is 11.9. The molecule has 112 valence electrons. The maximum Gasteiger partial charge on any atom is 0.122 e. The molecular formula is C14H23N3O3. The predicted molar refractivity (Wildman–Crippen MR) is 74.0 cm³/mol. The summed E-state index contributed by atoms with van der Waals surface area (Å²) in [6, 6.07) is 0. The molecule has 2 heterocycles. The number of aryl methyl sites for hydroxylation is 1. The second kappa shape index (κ2) is 7.52. The molecule has 6 heteroatoms. The fourth-order valence-corrected chi connectivity index (χ4v) is 2.23. The number of unbranched alkanes of at least 4 members (excludes halogenated alkanes) is 3. The predicted octanol–water partition coefficient (Wildman–Crippen LogP) is 1.21. The molecule has 1 aliphatic heterocycles. The molecule has 1 aromatic rings. The maximum absolute atomic E-state index is 9.59. The summed E-state index contributed by atoms with van der Waals surface area (Å²) < 4.78 is 7.41. The van der Waals surface area contributed by atoms with Gasteiger partial charge < -0.3 is 14.9 Å². The normalized spacial score (nSPS) is 26.1. The number of aliphatic hydroxyl groups excluding tert-OH is 2. The van der Waals surface area contributed by atoms with Gasteiger partial charge in [-0.15, -0.1) is 5.10 Å². The van der Waals surface area contributed by atoms with Gasteiger partial charge in [-0.05, 0) is 6.42 Å². The molecule has 0 amide bonds. The lowest BCUT2D eigenvalue weighted by molar-refractivity contribution is -0.0816. The van der Waals surface area contributed by atoms with E-state index in [0.29, 0.717) is 5.69 Å². The van der Waals surface area contributed by atoms with Crippen molar-refractivity contribution in [3.63, 3.8) is 0 Å². The number of hydrogen-bond donors (Lipinski definition) is 2. The molecule has 0 aliphatic carbocycles. The Morgan fingerprint density at radius 1 is 1.30 bits per heavy atom. The number of aromatic nitrogens is 3. The van der Waals surface area contributed by atoms with Gasteiger partial charge in [0.25, 0.3) is 0 Å². The van der Waals surface area contributed by atoms with Gasteiger partial charge >= 0.3 is 0 Å². The topological polar surface area (TPSA) is 80.4 Å². The fraction of sp³-hybridized carbons (Fsp3) is 0.714. The lowest BCUT2D eigenvalue weighted by atomic mass is 10.1. The molecule has 2 N–H and O–H groups in total. The highest BCUT2D eigenvalue weighted by Gasteiger charge is 2.27. The van der Waals surface area contributed by atoms with Gasteiger partial charge in [-0.3, -0.25) is 4.68 Å². The van der Waals surface area contributed by atoms with Crippen molar-refractivity contribution in [2.24, 2.45) is 0 Å². The average Bonchev–Trinajstić information content (AvgIpc) is 2.93. The third-order valence-corrected chi connectivity index (χ3v) is 3.45. The van der Waals surface area contributed by atoms with Crippen LogP contribution in [0.25, 0.3) is 0 Å². The molecule has 0 radical (unpaired) electrons. The Kier molecular flexibility index (Phi) is 5.70. The van der Waals surface area contributed by atoms with Crippen LogP contribution < -0.4 is 0 Å². The zero-order chi connectivity index (χ0) is 14.4. The highest BCUT2D eigenvalue weighted by atomic mass is 16.5. The van der Waals surface area contributed by atoms with E-state index >= 15 is 0 Å². The standard InChI is InChI=1S/C14H23N3O3/c1-2-3-4-5-8-17-9-11(15-16-17)13-7-6-12(19)14(10-18)20-13/h6-7,9,12-14,18-19H,2-5,8,10H2,1H3/t12-,13-,14+/m0/s1. The first-order chi connectivity index (χ1) is 9.74. The van der Waals surface area contributed by atoms with E-state index in [-0.39, 0.29) is 12.7 Å². The van der Waals surface area contributed by atoms with Gasteiger partial charge in [-0.25, -0.2) is 0 Å². The van der Waals surface area contributed by atoms with Crippen molar-refractivity contribution in [3.8, 4) is 0 Å². The van der Waals surface area contributed by atoms with E-state index in [0.717, 1.165) is 13.0 Å². The average molecular weight is 281 g/mol. The summed E-state index contributed by atoms with van der Waals surface area (Å²) in [5.41, 5.74) is 0.710. The van der Waals surface area contributed by atoms with Gasteiger partial charge in [-0.2, -0.15) is 0 Å². The second-order valence-corrected chi connectivity index (χ2v) is 5.12. The first kappa shape index (κ1) is 15.2. The quantitative estimate of drug-likeness (QED) is 0.580. The number of aliphatic hydroxyl groups is 2. The Hall–Kier alpha value is -1.24. The molecule has 20 heavy (non-hydrogen) atoms. The minimum absolute atomic E-state index is 0.215. The van der Waals surface area contributed by atoms with Crippen molar-refractivity contribution in [1.82, 2.24) is 15.0 Å². The molecule has 0 spiro atoms. The number of rotatable bonds is 7. The smallest absolute Gasteiger partial charge is 0.122 e. The maximum atomic E-state index is 9.59. The molecular weight excluding hydrogens is 258 g/mol. The molecule has 1 aromatic heterocycles. The number of hydrogen-bond acceptors (Lipinski definition) is 5. The molecule has 0 aromatic carbocycles. The molecule has 1 aliphatic rings. The van der Waals surface area contributed by atoms with Gasteiger partial charge in [0.2, 0.25) is 0 Å². The van der Waals surface area contributed by atoms with Gasteiger partial charge in [0, 0.05) is 6.54 Å². The van der Waals surface area contributed by atoms with E-state index in [4.69, 9.17) is 9.84 Å². The van der Waals surface area contributed by atoms with Crippen molar-refractivity contribution in [2.75, 3.05) is 6.61 Å². The highest BCUT2D eigenvalue weighted by Crippen LogP contribution is 2.24. The summed E-state index contributed by atoms with van der Waals surface area (Å²) >= 11 is 0. The molecule has 0 unspecified atom stereocenters. The zero-order valence-electron chi connectivity index (χ0n) is 11.9. The van der Waals surface area contributed by atoms with E-state index in [1.54, 1.807) is 12.2 Å². The summed E-state index contributed by atoms with van der Waals surface area (Å²) in [6.07, 6.45) is 8.30. The lowest BCUT2D eigenvalue weighted by Crippen LogP contribution is -2.35. The van der Waals surface area contributed by atoms with Crippen molar-refractivity contribution in [1.29, 1.82) is 0 Å². The van der Waals surface area contributed by atoms with Crippen molar-refractivity contribution >= 4 is 0 Å². The van der Waals surface area contributed by atoms with E-state index < -0.39 is 12.2 Å². The van der Waals surface area contributed by atoms with Gasteiger partial charge in [0.1, 0.15) is 24.0 Å². The van der Waals surface area contributed by atoms with Crippen LogP contribution >= 0.6 is 0 Å². The molecule has 0 fully saturated rings. The number of nitrogens with zero attached hydrogens (tertiary/aromatic N) is 3. The lowest BCUT2D eigenvalue weighted by Gasteiger charge is -2.27. The molecule has 0 bridgehead atoms. The summed E-state index contributed by atoms with van der Waals surface area (Å²) in [4.78, 5) is 0. The van der Waals surface area contributed by atoms with Gasteiger partial charge in [0.05, 0.1) is 12.8 Å². The van der Waals surface area contributed by atoms with Gasteiger partial charge in [-0.1, -0.05) is 43.6 Å². The monoisotopic (exact) mass is 281 g/mol. The number of ether oxygens (including phenoxy) is 1. The first-order valence-corrected chi connectivity index (χ1v) is 7.27. The Bertz CT molecular complexity index is 433. The van der Waals surface area contributed by atoms with Crippen molar-refractivity contribution < 1.29 is 14.9 Å². The highest BCUT2D eigenvalue weighted by molar-refractivity contribution is 5.12. The fourth-order valence-electron chi connectivity index (χ4n) is 2.23. The Morgan fingerprint density at radius 3 is 2.90 bits per heavy atom. The van der Waals surface area contributed by atoms with E-state index in [9.17, 15) is 5.11 Å². The largest absolute Gasteiger partial charge is 0.394 e. The molecule has 6 nitrogen and oxygen atoms in total. The molecule has 2 rings (SSSR count). The minimum atomic E-state index is -0.764. The molecule has 3 atom stereocenters. The van der Waals surface area contributed by atoms with Crippen LogP contribution in [-0.4, -0.2) is 44.0 Å². The van der Waals surface area contributed by atoms with E-state index in [2.05, 4.69) is 17.2 Å². The van der Waals surface area contributed by atoms with Crippen LogP contribution in [-0.2, 0) is 11.3 Å². The van der Waals surface area contributed by atoms with Crippen LogP contribution in [0.2, 0.25) is 0 Å². The third kappa shape index (κ3) is 3.88. The SMILES string of the molecule is CCCCCCn1cc([C@@H]2C=C[C@H](O)[C@@H](CO)O2)nn1. The van der Waals surface area contributed by atoms with Gasteiger partial charge in [0.15, 0.2) is 0 Å². The van der Waals surface area contributed by atoms with Crippen molar-refractivity contribution in [3.05, 3.63) is 24.0 Å². The Morgan fingerprint density at radius 2 is 2.15 bits per heavy atom. The summed E-state index contributed by atoms with van der Waals surface area (Å²) in [6.45, 7) is 2.83. The van der Waals surface area contributed by atoms with Crippen LogP contribution in [0, 0.1) is 0 Å². The van der Waals surface area contributed by atoms with Crippen molar-refractivity contribution in [2.45, 2.75) is 57.5 Å². The van der Waals surface area contributed by atoms with Crippen LogP contribution in [0.5, 0.6) is 0 Å². The first-order valence-electron chi connectivity index (χ1n) is 7.27. The summed E-state index contributed by atoms with van der Waals surface area (Å²) in [5, 5.41) is 26.9. The Balaban J connectivity index is 1.90. The van der Waals surface area contributed by atoms with Crippen LogP contribution in [0.3, 0.4) is 0 Å². The third-order valence-electron chi connectivity index (χ3n) is 3.45. The van der Waals surface area contributed by atoms with E-state index in [1.165, 1.54) is 19.3 Å². The molecule has 0 saturated heterocycles. The van der Waals surface area contributed by atoms with Crippen LogP contribution in [0.15, 0.2) is 18.3 Å². The molecule has 0 saturated carbocycles. The Labute approximate surface area is 119 Å². The van der Waals surface area contributed by atoms with Crippen LogP contribution in [0.1, 0.15) is 44.4 Å². The summed E-state index contributed by atoms with van der Waals surface area (Å²) in [5.74, 6) is 0. The second-order valence-electron chi connectivity index (χ2n) is 5.12.